The second-order valence-corrected chi connectivity index (χ2v) is 7.86. The minimum absolute atomic E-state index is 0.0323. The Morgan fingerprint density at radius 3 is 2.68 bits per heavy atom. The summed E-state index contributed by atoms with van der Waals surface area (Å²) in [5.41, 5.74) is 2.20. The van der Waals surface area contributed by atoms with Crippen LogP contribution in [0.4, 0.5) is 5.69 Å². The second kappa shape index (κ2) is 7.35. The Bertz CT molecular complexity index is 792. The molecule has 1 aromatic heterocycles. The summed E-state index contributed by atoms with van der Waals surface area (Å²) in [5, 5.41) is 3.58. The number of carbonyl (C=O) groups excluding carboxylic acids is 2. The van der Waals surface area contributed by atoms with Crippen LogP contribution >= 0.6 is 11.3 Å². The van der Waals surface area contributed by atoms with Crippen molar-refractivity contribution in [2.75, 3.05) is 18.4 Å². The van der Waals surface area contributed by atoms with Crippen molar-refractivity contribution in [3.63, 3.8) is 0 Å². The first-order valence-corrected chi connectivity index (χ1v) is 9.40. The van der Waals surface area contributed by atoms with Crippen molar-refractivity contribution in [2.45, 2.75) is 33.6 Å². The normalized spacial score (nSPS) is 15.2. The van der Waals surface area contributed by atoms with Crippen molar-refractivity contribution in [3.05, 3.63) is 34.8 Å². The van der Waals surface area contributed by atoms with Gasteiger partial charge in [0.05, 0.1) is 0 Å². The van der Waals surface area contributed by atoms with Crippen molar-refractivity contribution in [1.29, 1.82) is 0 Å². The lowest BCUT2D eigenvalue weighted by molar-refractivity contribution is -0.114. The number of hydrogen-bond acceptors (Lipinski definition) is 4. The molecule has 25 heavy (non-hydrogen) atoms. The van der Waals surface area contributed by atoms with E-state index in [1.165, 1.54) is 18.3 Å². The zero-order valence-corrected chi connectivity index (χ0v) is 15.7. The molecule has 6 heteroatoms. The number of benzene rings is 1. The zero-order chi connectivity index (χ0) is 18.0. The molecule has 0 aliphatic carbocycles. The molecule has 0 spiro atoms. The van der Waals surface area contributed by atoms with E-state index >= 15 is 0 Å². The van der Waals surface area contributed by atoms with Gasteiger partial charge in [-0.1, -0.05) is 19.1 Å². The molecular weight excluding hydrogens is 334 g/mol. The van der Waals surface area contributed by atoms with E-state index in [9.17, 15) is 9.59 Å². The van der Waals surface area contributed by atoms with Crippen LogP contribution in [0, 0.1) is 12.8 Å². The van der Waals surface area contributed by atoms with Gasteiger partial charge in [0.1, 0.15) is 10.7 Å². The number of piperidine rings is 1. The van der Waals surface area contributed by atoms with Crippen LogP contribution in [-0.2, 0) is 4.79 Å². The predicted molar refractivity (Wildman–Crippen MR) is 101 cm³/mol. The average molecular weight is 357 g/mol. The first-order chi connectivity index (χ1) is 11.9. The van der Waals surface area contributed by atoms with Crippen molar-refractivity contribution in [3.8, 4) is 10.6 Å². The Hall–Kier alpha value is -2.21. The van der Waals surface area contributed by atoms with Crippen LogP contribution in [0.1, 0.15) is 42.1 Å². The van der Waals surface area contributed by atoms with E-state index in [1.807, 2.05) is 36.1 Å². The number of hydrogen-bond donors (Lipinski definition) is 1. The zero-order valence-electron chi connectivity index (χ0n) is 14.8. The lowest BCUT2D eigenvalue weighted by atomic mass is 9.99. The summed E-state index contributed by atoms with van der Waals surface area (Å²) in [6.45, 7) is 7.28. The lowest BCUT2D eigenvalue weighted by Gasteiger charge is -2.29. The number of rotatable bonds is 3. The first kappa shape index (κ1) is 17.6. The lowest BCUT2D eigenvalue weighted by Crippen LogP contribution is -2.38. The molecule has 0 saturated carbocycles. The maximum atomic E-state index is 12.8. The molecule has 1 aliphatic rings. The van der Waals surface area contributed by atoms with Crippen LogP contribution < -0.4 is 5.32 Å². The van der Waals surface area contributed by atoms with Crippen LogP contribution in [0.2, 0.25) is 0 Å². The molecule has 0 bridgehead atoms. The van der Waals surface area contributed by atoms with E-state index in [4.69, 9.17) is 0 Å². The van der Waals surface area contributed by atoms with Gasteiger partial charge in [-0.3, -0.25) is 9.59 Å². The van der Waals surface area contributed by atoms with Gasteiger partial charge in [0.15, 0.2) is 0 Å². The van der Waals surface area contributed by atoms with Gasteiger partial charge in [-0.05, 0) is 37.8 Å². The number of amides is 2. The summed E-state index contributed by atoms with van der Waals surface area (Å²) in [4.78, 5) is 31.5. The first-order valence-electron chi connectivity index (χ1n) is 8.58. The standard InChI is InChI=1S/C19H23N3O2S/c1-12-7-9-22(10-8-12)19(24)17-13(2)25-18(21-17)15-5-4-6-16(11-15)20-14(3)23/h4-6,11-12H,7-10H2,1-3H3,(H,20,23). The third-order valence-corrected chi connectivity index (χ3v) is 5.52. The van der Waals surface area contributed by atoms with Crippen LogP contribution in [0.5, 0.6) is 0 Å². The van der Waals surface area contributed by atoms with E-state index in [-0.39, 0.29) is 11.8 Å². The second-order valence-electron chi connectivity index (χ2n) is 6.66. The highest BCUT2D eigenvalue weighted by molar-refractivity contribution is 7.15. The summed E-state index contributed by atoms with van der Waals surface area (Å²) in [6, 6.07) is 7.55. The van der Waals surface area contributed by atoms with Crippen LogP contribution in [0.25, 0.3) is 10.6 Å². The topological polar surface area (TPSA) is 62.3 Å². The Morgan fingerprint density at radius 2 is 2.00 bits per heavy atom. The molecule has 0 unspecified atom stereocenters. The van der Waals surface area contributed by atoms with Crippen molar-refractivity contribution in [2.24, 2.45) is 5.92 Å². The van der Waals surface area contributed by atoms with Gasteiger partial charge in [0.2, 0.25) is 5.91 Å². The highest BCUT2D eigenvalue weighted by Crippen LogP contribution is 2.30. The molecule has 2 heterocycles. The summed E-state index contributed by atoms with van der Waals surface area (Å²) >= 11 is 1.52. The fourth-order valence-electron chi connectivity index (χ4n) is 3.01. The summed E-state index contributed by atoms with van der Waals surface area (Å²) in [7, 11) is 0. The fourth-order valence-corrected chi connectivity index (χ4v) is 3.91. The van der Waals surface area contributed by atoms with Gasteiger partial charge < -0.3 is 10.2 Å². The summed E-state index contributed by atoms with van der Waals surface area (Å²) < 4.78 is 0. The Kier molecular flexibility index (Phi) is 5.18. The monoisotopic (exact) mass is 357 g/mol. The molecular formula is C19H23N3O2S. The minimum atomic E-state index is -0.109. The Balaban J connectivity index is 1.83. The Morgan fingerprint density at radius 1 is 1.28 bits per heavy atom. The van der Waals surface area contributed by atoms with Crippen molar-refractivity contribution in [1.82, 2.24) is 9.88 Å². The van der Waals surface area contributed by atoms with E-state index < -0.39 is 0 Å². The smallest absolute Gasteiger partial charge is 0.273 e. The van der Waals surface area contributed by atoms with Gasteiger partial charge in [-0.2, -0.15) is 0 Å². The van der Waals surface area contributed by atoms with Gasteiger partial charge in [0.25, 0.3) is 5.91 Å². The van der Waals surface area contributed by atoms with Gasteiger partial charge >= 0.3 is 0 Å². The summed E-state index contributed by atoms with van der Waals surface area (Å²) in [5.74, 6) is 0.611. The number of carbonyl (C=O) groups is 2. The molecule has 0 atom stereocenters. The largest absolute Gasteiger partial charge is 0.337 e. The third kappa shape index (κ3) is 4.07. The molecule has 2 amide bonds. The molecule has 3 rings (SSSR count). The number of nitrogens with one attached hydrogen (secondary N) is 1. The molecule has 2 aromatic rings. The molecule has 1 saturated heterocycles. The molecule has 1 fully saturated rings. The number of nitrogens with zero attached hydrogens (tertiary/aromatic N) is 2. The van der Waals surface area contributed by atoms with Crippen LogP contribution in [0.3, 0.4) is 0 Å². The van der Waals surface area contributed by atoms with Gasteiger partial charge in [-0.15, -0.1) is 11.3 Å². The quantitative estimate of drug-likeness (QED) is 0.905. The maximum Gasteiger partial charge on any atom is 0.273 e. The molecule has 1 aromatic carbocycles. The molecule has 0 radical (unpaired) electrons. The SMILES string of the molecule is CC(=O)Nc1cccc(-c2nc(C(=O)N3CCC(C)CC3)c(C)s2)c1. The summed E-state index contributed by atoms with van der Waals surface area (Å²) in [6.07, 6.45) is 2.11. The number of aryl methyl sites for hydroxylation is 1. The number of anilines is 1. The maximum absolute atomic E-state index is 12.8. The predicted octanol–water partition coefficient (Wildman–Crippen LogP) is 3.95. The molecule has 1 N–H and O–H groups in total. The van der Waals surface area contributed by atoms with Gasteiger partial charge in [-0.25, -0.2) is 4.98 Å². The molecule has 1 aliphatic heterocycles. The van der Waals surface area contributed by atoms with Crippen molar-refractivity contribution >= 4 is 28.8 Å². The van der Waals surface area contributed by atoms with Crippen molar-refractivity contribution < 1.29 is 9.59 Å². The third-order valence-electron chi connectivity index (χ3n) is 4.50. The molecule has 132 valence electrons. The van der Waals surface area contributed by atoms with E-state index in [0.717, 1.165) is 47.1 Å². The van der Waals surface area contributed by atoms with E-state index in [0.29, 0.717) is 11.6 Å². The van der Waals surface area contributed by atoms with E-state index in [2.05, 4.69) is 17.2 Å². The van der Waals surface area contributed by atoms with E-state index in [1.54, 1.807) is 0 Å². The number of aromatic nitrogens is 1. The number of likely N-dealkylation sites (tertiary alicyclic amines) is 1. The highest BCUT2D eigenvalue weighted by Gasteiger charge is 2.25. The van der Waals surface area contributed by atoms with Crippen LogP contribution in [0.15, 0.2) is 24.3 Å². The highest BCUT2D eigenvalue weighted by atomic mass is 32.1. The van der Waals surface area contributed by atoms with Gasteiger partial charge in [0, 0.05) is 36.1 Å². The van der Waals surface area contributed by atoms with Crippen LogP contribution in [-0.4, -0.2) is 34.8 Å². The molecule has 5 nitrogen and oxygen atoms in total. The number of thiazole rings is 1. The Labute approximate surface area is 152 Å². The fraction of sp³-hybridized carbons (Fsp3) is 0.421. The minimum Gasteiger partial charge on any atom is -0.337 e. The average Bonchev–Trinajstić information content (AvgIpc) is 2.96.